The smallest absolute Gasteiger partial charge is 0.305 e. The third-order valence-corrected chi connectivity index (χ3v) is 2.80. The topological polar surface area (TPSA) is 92.8 Å². The standard InChI is InChI=1S/C10H12BrNO4/c1-16-7-3-2-5(11)9(10(7)15)6(12)4-8(13)14/h2-3,6,15H,4,12H2,1H3,(H,13,14). The molecule has 0 saturated carbocycles. The fourth-order valence-corrected chi connectivity index (χ4v) is 1.99. The van der Waals surface area contributed by atoms with Crippen LogP contribution in [0.3, 0.4) is 0 Å². The second-order valence-electron chi connectivity index (χ2n) is 3.22. The molecule has 0 heterocycles. The van der Waals surface area contributed by atoms with E-state index in [0.29, 0.717) is 10.0 Å². The number of carboxylic acids is 1. The van der Waals surface area contributed by atoms with Crippen molar-refractivity contribution in [1.82, 2.24) is 0 Å². The van der Waals surface area contributed by atoms with Crippen molar-refractivity contribution in [2.75, 3.05) is 7.11 Å². The van der Waals surface area contributed by atoms with Gasteiger partial charge in [0.25, 0.3) is 0 Å². The molecule has 0 saturated heterocycles. The minimum absolute atomic E-state index is 0.134. The van der Waals surface area contributed by atoms with Gasteiger partial charge in [0.1, 0.15) is 0 Å². The van der Waals surface area contributed by atoms with Crippen molar-refractivity contribution >= 4 is 21.9 Å². The number of benzene rings is 1. The summed E-state index contributed by atoms with van der Waals surface area (Å²) >= 11 is 3.21. The Morgan fingerprint density at radius 3 is 2.75 bits per heavy atom. The highest BCUT2D eigenvalue weighted by atomic mass is 79.9. The highest BCUT2D eigenvalue weighted by molar-refractivity contribution is 9.10. The number of rotatable bonds is 4. The number of phenols is 1. The number of carbonyl (C=O) groups is 1. The highest BCUT2D eigenvalue weighted by Crippen LogP contribution is 2.38. The van der Waals surface area contributed by atoms with E-state index < -0.39 is 12.0 Å². The van der Waals surface area contributed by atoms with E-state index in [1.54, 1.807) is 12.1 Å². The van der Waals surface area contributed by atoms with Crippen molar-refractivity contribution < 1.29 is 19.7 Å². The molecule has 1 rings (SSSR count). The first-order chi connectivity index (χ1) is 7.47. The predicted molar refractivity (Wildman–Crippen MR) is 61.5 cm³/mol. The number of aromatic hydroxyl groups is 1. The summed E-state index contributed by atoms with van der Waals surface area (Å²) in [4.78, 5) is 10.6. The Balaban J connectivity index is 3.15. The molecular weight excluding hydrogens is 278 g/mol. The largest absolute Gasteiger partial charge is 0.504 e. The average molecular weight is 290 g/mol. The minimum atomic E-state index is -1.03. The van der Waals surface area contributed by atoms with Crippen LogP contribution in [0.5, 0.6) is 11.5 Å². The van der Waals surface area contributed by atoms with E-state index in [0.717, 1.165) is 0 Å². The molecule has 1 aromatic carbocycles. The highest BCUT2D eigenvalue weighted by Gasteiger charge is 2.20. The Labute approximate surface area is 101 Å². The molecule has 1 unspecified atom stereocenters. The third-order valence-electron chi connectivity index (χ3n) is 2.11. The Morgan fingerprint density at radius 1 is 1.62 bits per heavy atom. The molecule has 16 heavy (non-hydrogen) atoms. The van der Waals surface area contributed by atoms with Gasteiger partial charge >= 0.3 is 5.97 Å². The first-order valence-corrected chi connectivity index (χ1v) is 5.29. The van der Waals surface area contributed by atoms with E-state index in [-0.39, 0.29) is 17.9 Å². The molecule has 88 valence electrons. The number of phenolic OH excluding ortho intramolecular Hbond substituents is 1. The summed E-state index contributed by atoms with van der Waals surface area (Å²) in [6.45, 7) is 0. The fraction of sp³-hybridized carbons (Fsp3) is 0.300. The molecule has 0 aromatic heterocycles. The van der Waals surface area contributed by atoms with Crippen LogP contribution in [0.25, 0.3) is 0 Å². The van der Waals surface area contributed by atoms with Crippen molar-refractivity contribution in [2.24, 2.45) is 5.73 Å². The summed E-state index contributed by atoms with van der Waals surface area (Å²) in [5.74, 6) is -0.897. The summed E-state index contributed by atoms with van der Waals surface area (Å²) in [5.41, 5.74) is 6.03. The van der Waals surface area contributed by atoms with Crippen LogP contribution in [0.15, 0.2) is 16.6 Å². The van der Waals surface area contributed by atoms with Gasteiger partial charge in [-0.1, -0.05) is 15.9 Å². The zero-order chi connectivity index (χ0) is 12.3. The summed E-state index contributed by atoms with van der Waals surface area (Å²) in [7, 11) is 1.41. The maximum absolute atomic E-state index is 10.6. The van der Waals surface area contributed by atoms with E-state index in [1.165, 1.54) is 7.11 Å². The Morgan fingerprint density at radius 2 is 2.25 bits per heavy atom. The van der Waals surface area contributed by atoms with Crippen LogP contribution in [0.1, 0.15) is 18.0 Å². The van der Waals surface area contributed by atoms with Crippen molar-refractivity contribution in [1.29, 1.82) is 0 Å². The van der Waals surface area contributed by atoms with Crippen LogP contribution < -0.4 is 10.5 Å². The van der Waals surface area contributed by atoms with E-state index in [2.05, 4.69) is 15.9 Å². The first-order valence-electron chi connectivity index (χ1n) is 4.50. The number of halogens is 1. The number of hydrogen-bond donors (Lipinski definition) is 3. The Kier molecular flexibility index (Phi) is 4.14. The molecule has 0 bridgehead atoms. The maximum atomic E-state index is 10.6. The van der Waals surface area contributed by atoms with Crippen molar-refractivity contribution in [3.05, 3.63) is 22.2 Å². The number of hydrogen-bond acceptors (Lipinski definition) is 4. The predicted octanol–water partition coefficient (Wildman–Crippen LogP) is 1.64. The number of methoxy groups -OCH3 is 1. The second-order valence-corrected chi connectivity index (χ2v) is 4.07. The zero-order valence-corrected chi connectivity index (χ0v) is 10.2. The van der Waals surface area contributed by atoms with Crippen LogP contribution in [0.4, 0.5) is 0 Å². The summed E-state index contributed by atoms with van der Waals surface area (Å²) in [5, 5.41) is 18.5. The lowest BCUT2D eigenvalue weighted by molar-refractivity contribution is -0.137. The normalized spacial score (nSPS) is 12.2. The molecule has 0 fully saturated rings. The van der Waals surface area contributed by atoms with Gasteiger partial charge in [0, 0.05) is 16.1 Å². The molecule has 5 nitrogen and oxygen atoms in total. The third kappa shape index (κ3) is 2.65. The van der Waals surface area contributed by atoms with E-state index in [9.17, 15) is 9.90 Å². The van der Waals surface area contributed by atoms with Crippen LogP contribution in [0, 0.1) is 0 Å². The lowest BCUT2D eigenvalue weighted by Crippen LogP contribution is -2.15. The fourth-order valence-electron chi connectivity index (χ4n) is 1.37. The van der Waals surface area contributed by atoms with Crippen LogP contribution >= 0.6 is 15.9 Å². The lowest BCUT2D eigenvalue weighted by atomic mass is 10.0. The summed E-state index contributed by atoms with van der Waals surface area (Å²) < 4.78 is 5.48. The molecule has 1 aromatic rings. The zero-order valence-electron chi connectivity index (χ0n) is 8.61. The van der Waals surface area contributed by atoms with Gasteiger partial charge in [-0.2, -0.15) is 0 Å². The molecule has 0 aliphatic heterocycles. The Hall–Kier alpha value is -1.27. The van der Waals surface area contributed by atoms with Crippen molar-refractivity contribution in [2.45, 2.75) is 12.5 Å². The molecular formula is C10H12BrNO4. The number of nitrogens with two attached hydrogens (primary N) is 1. The van der Waals surface area contributed by atoms with E-state index in [4.69, 9.17) is 15.6 Å². The van der Waals surface area contributed by atoms with Gasteiger partial charge in [0.2, 0.25) is 0 Å². The monoisotopic (exact) mass is 289 g/mol. The minimum Gasteiger partial charge on any atom is -0.504 e. The van der Waals surface area contributed by atoms with Gasteiger partial charge in [-0.3, -0.25) is 4.79 Å². The van der Waals surface area contributed by atoms with Crippen LogP contribution in [-0.4, -0.2) is 23.3 Å². The number of aliphatic carboxylic acids is 1. The van der Waals surface area contributed by atoms with Gasteiger partial charge in [-0.25, -0.2) is 0 Å². The number of ether oxygens (including phenoxy) is 1. The van der Waals surface area contributed by atoms with Gasteiger partial charge in [0.15, 0.2) is 11.5 Å². The van der Waals surface area contributed by atoms with E-state index in [1.807, 2.05) is 0 Å². The van der Waals surface area contributed by atoms with Crippen LogP contribution in [-0.2, 0) is 4.79 Å². The molecule has 4 N–H and O–H groups in total. The molecule has 0 aliphatic rings. The molecule has 0 spiro atoms. The first kappa shape index (κ1) is 12.8. The van der Waals surface area contributed by atoms with Crippen LogP contribution in [0.2, 0.25) is 0 Å². The van der Waals surface area contributed by atoms with E-state index >= 15 is 0 Å². The van der Waals surface area contributed by atoms with Crippen molar-refractivity contribution in [3.63, 3.8) is 0 Å². The quantitative estimate of drug-likeness (QED) is 0.784. The van der Waals surface area contributed by atoms with Gasteiger partial charge in [-0.05, 0) is 12.1 Å². The second kappa shape index (κ2) is 5.18. The molecule has 0 aliphatic carbocycles. The maximum Gasteiger partial charge on any atom is 0.305 e. The molecule has 0 amide bonds. The molecule has 1 atom stereocenters. The summed E-state index contributed by atoms with van der Waals surface area (Å²) in [6.07, 6.45) is -0.265. The van der Waals surface area contributed by atoms with Gasteiger partial charge < -0.3 is 20.7 Å². The lowest BCUT2D eigenvalue weighted by Gasteiger charge is -2.15. The average Bonchev–Trinajstić information content (AvgIpc) is 2.16. The summed E-state index contributed by atoms with van der Waals surface area (Å²) in [6, 6.07) is 2.42. The van der Waals surface area contributed by atoms with Gasteiger partial charge in [-0.15, -0.1) is 0 Å². The van der Waals surface area contributed by atoms with Crippen molar-refractivity contribution in [3.8, 4) is 11.5 Å². The van der Waals surface area contributed by atoms with Gasteiger partial charge in [0.05, 0.1) is 13.5 Å². The SMILES string of the molecule is COc1ccc(Br)c(C(N)CC(=O)O)c1O. The molecule has 6 heteroatoms. The molecule has 0 radical (unpaired) electrons. The number of carboxylic acid groups (broad SMARTS) is 1. The Bertz CT molecular complexity index is 408.